The first kappa shape index (κ1) is 20.9. The van der Waals surface area contributed by atoms with Crippen LogP contribution >= 0.6 is 0 Å². The molecule has 1 aromatic carbocycles. The van der Waals surface area contributed by atoms with Crippen LogP contribution in [-0.4, -0.2) is 48.3 Å². The summed E-state index contributed by atoms with van der Waals surface area (Å²) in [5, 5.41) is 5.71. The van der Waals surface area contributed by atoms with Crippen molar-refractivity contribution in [1.29, 1.82) is 0 Å². The molecule has 27 heavy (non-hydrogen) atoms. The van der Waals surface area contributed by atoms with Crippen molar-refractivity contribution >= 4 is 17.7 Å². The number of likely N-dealkylation sites (N-methyl/N-ethyl adjacent to an activating group) is 1. The zero-order valence-electron chi connectivity index (χ0n) is 16.4. The SMILES string of the molecule is CCCCC(=O)N(C)[C@@H](Cc1ccccc1)C(=O)N[C@@H]1CCCCNC1=O. The first-order chi connectivity index (χ1) is 13.0. The molecule has 1 aliphatic rings. The smallest absolute Gasteiger partial charge is 0.243 e. The van der Waals surface area contributed by atoms with Crippen molar-refractivity contribution in [3.63, 3.8) is 0 Å². The molecule has 0 unspecified atom stereocenters. The molecule has 0 radical (unpaired) electrons. The molecule has 148 valence electrons. The fourth-order valence-electron chi connectivity index (χ4n) is 3.27. The van der Waals surface area contributed by atoms with Crippen LogP contribution in [0.5, 0.6) is 0 Å². The number of carbonyl (C=O) groups is 3. The van der Waals surface area contributed by atoms with Crippen LogP contribution in [-0.2, 0) is 20.8 Å². The molecule has 0 aromatic heterocycles. The van der Waals surface area contributed by atoms with Gasteiger partial charge in [0.1, 0.15) is 12.1 Å². The molecule has 3 amide bonds. The third-order valence-electron chi connectivity index (χ3n) is 5.03. The molecule has 2 atom stereocenters. The van der Waals surface area contributed by atoms with E-state index in [-0.39, 0.29) is 17.7 Å². The van der Waals surface area contributed by atoms with Gasteiger partial charge in [0, 0.05) is 26.4 Å². The van der Waals surface area contributed by atoms with Crippen molar-refractivity contribution in [2.75, 3.05) is 13.6 Å². The van der Waals surface area contributed by atoms with E-state index in [0.29, 0.717) is 25.8 Å². The van der Waals surface area contributed by atoms with Crippen molar-refractivity contribution in [3.05, 3.63) is 35.9 Å². The summed E-state index contributed by atoms with van der Waals surface area (Å²) in [5.74, 6) is -0.453. The maximum atomic E-state index is 13.0. The Morgan fingerprint density at radius 2 is 2.00 bits per heavy atom. The van der Waals surface area contributed by atoms with Crippen LogP contribution in [0.4, 0.5) is 0 Å². The number of amides is 3. The molecule has 2 rings (SSSR count). The Kier molecular flexibility index (Phi) is 8.30. The van der Waals surface area contributed by atoms with Gasteiger partial charge in [-0.2, -0.15) is 0 Å². The predicted molar refractivity (Wildman–Crippen MR) is 105 cm³/mol. The Hall–Kier alpha value is -2.37. The summed E-state index contributed by atoms with van der Waals surface area (Å²) in [4.78, 5) is 39.2. The van der Waals surface area contributed by atoms with Crippen LogP contribution in [0.25, 0.3) is 0 Å². The fraction of sp³-hybridized carbons (Fsp3) is 0.571. The first-order valence-electron chi connectivity index (χ1n) is 9.90. The van der Waals surface area contributed by atoms with E-state index in [1.807, 2.05) is 37.3 Å². The van der Waals surface area contributed by atoms with Gasteiger partial charge in [-0.1, -0.05) is 43.7 Å². The maximum absolute atomic E-state index is 13.0. The summed E-state index contributed by atoms with van der Waals surface area (Å²) in [6, 6.07) is 8.49. The lowest BCUT2D eigenvalue weighted by Gasteiger charge is -2.29. The van der Waals surface area contributed by atoms with E-state index in [9.17, 15) is 14.4 Å². The summed E-state index contributed by atoms with van der Waals surface area (Å²) in [6.45, 7) is 2.68. The molecule has 1 fully saturated rings. The summed E-state index contributed by atoms with van der Waals surface area (Å²) in [5.41, 5.74) is 0.984. The average molecular weight is 373 g/mol. The quantitative estimate of drug-likeness (QED) is 0.732. The lowest BCUT2D eigenvalue weighted by Crippen LogP contribution is -2.54. The fourth-order valence-corrected chi connectivity index (χ4v) is 3.27. The van der Waals surface area contributed by atoms with Gasteiger partial charge in [-0.05, 0) is 31.2 Å². The molecule has 2 N–H and O–H groups in total. The number of hydrogen-bond donors (Lipinski definition) is 2. The molecular weight excluding hydrogens is 342 g/mol. The molecule has 1 aliphatic heterocycles. The summed E-state index contributed by atoms with van der Waals surface area (Å²) < 4.78 is 0. The maximum Gasteiger partial charge on any atom is 0.243 e. The molecule has 0 spiro atoms. The summed E-state index contributed by atoms with van der Waals surface area (Å²) in [6.07, 6.45) is 5.01. The second-order valence-electron chi connectivity index (χ2n) is 7.16. The Morgan fingerprint density at radius 3 is 2.70 bits per heavy atom. The van der Waals surface area contributed by atoms with Crippen LogP contribution in [0.3, 0.4) is 0 Å². The van der Waals surface area contributed by atoms with Gasteiger partial charge in [0.25, 0.3) is 0 Å². The number of hydrogen-bond acceptors (Lipinski definition) is 3. The van der Waals surface area contributed by atoms with Gasteiger partial charge in [-0.15, -0.1) is 0 Å². The van der Waals surface area contributed by atoms with Gasteiger partial charge in [-0.3, -0.25) is 14.4 Å². The Morgan fingerprint density at radius 1 is 1.26 bits per heavy atom. The molecule has 0 saturated carbocycles. The van der Waals surface area contributed by atoms with Crippen molar-refractivity contribution in [3.8, 4) is 0 Å². The van der Waals surface area contributed by atoms with Crippen LogP contribution in [0.2, 0.25) is 0 Å². The van der Waals surface area contributed by atoms with E-state index in [1.165, 1.54) is 4.90 Å². The van der Waals surface area contributed by atoms with Crippen molar-refractivity contribution < 1.29 is 14.4 Å². The van der Waals surface area contributed by atoms with E-state index < -0.39 is 12.1 Å². The third-order valence-corrected chi connectivity index (χ3v) is 5.03. The molecule has 1 heterocycles. The highest BCUT2D eigenvalue weighted by molar-refractivity contribution is 5.92. The average Bonchev–Trinajstić information content (AvgIpc) is 2.88. The van der Waals surface area contributed by atoms with E-state index >= 15 is 0 Å². The molecule has 6 heteroatoms. The van der Waals surface area contributed by atoms with E-state index in [4.69, 9.17) is 0 Å². The van der Waals surface area contributed by atoms with Crippen LogP contribution in [0, 0.1) is 0 Å². The lowest BCUT2D eigenvalue weighted by molar-refractivity contribution is -0.140. The Bertz CT molecular complexity index is 633. The van der Waals surface area contributed by atoms with Gasteiger partial charge >= 0.3 is 0 Å². The minimum Gasteiger partial charge on any atom is -0.354 e. The zero-order valence-corrected chi connectivity index (χ0v) is 16.4. The monoisotopic (exact) mass is 373 g/mol. The Labute approximate surface area is 161 Å². The van der Waals surface area contributed by atoms with Crippen LogP contribution in [0.1, 0.15) is 51.0 Å². The minimum absolute atomic E-state index is 0.0433. The first-order valence-corrected chi connectivity index (χ1v) is 9.90. The normalized spacial score (nSPS) is 18.1. The standard InChI is InChI=1S/C21H31N3O3/c1-3-4-13-19(25)24(2)18(15-16-10-6-5-7-11-16)21(27)23-17-12-8-9-14-22-20(17)26/h5-7,10-11,17-18H,3-4,8-9,12-15H2,1-2H3,(H,22,26)(H,23,27)/t17-,18+/m1/s1. The number of nitrogens with zero attached hydrogens (tertiary/aromatic N) is 1. The topological polar surface area (TPSA) is 78.5 Å². The van der Waals surface area contributed by atoms with Crippen molar-refractivity contribution in [2.24, 2.45) is 0 Å². The largest absolute Gasteiger partial charge is 0.354 e. The highest BCUT2D eigenvalue weighted by Crippen LogP contribution is 2.13. The number of carbonyl (C=O) groups excluding carboxylic acids is 3. The molecule has 6 nitrogen and oxygen atoms in total. The summed E-state index contributed by atoms with van der Waals surface area (Å²) in [7, 11) is 1.68. The van der Waals surface area contributed by atoms with Crippen LogP contribution < -0.4 is 10.6 Å². The molecule has 1 aromatic rings. The highest BCUT2D eigenvalue weighted by Gasteiger charge is 2.30. The Balaban J connectivity index is 2.12. The van der Waals surface area contributed by atoms with Gasteiger partial charge in [0.2, 0.25) is 17.7 Å². The lowest BCUT2D eigenvalue weighted by atomic mass is 10.0. The third kappa shape index (κ3) is 6.38. The second kappa shape index (κ2) is 10.7. The molecule has 1 saturated heterocycles. The van der Waals surface area contributed by atoms with Gasteiger partial charge in [0.15, 0.2) is 0 Å². The zero-order chi connectivity index (χ0) is 19.6. The molecule has 0 aliphatic carbocycles. The number of unbranched alkanes of at least 4 members (excludes halogenated alkanes) is 1. The second-order valence-corrected chi connectivity index (χ2v) is 7.16. The highest BCUT2D eigenvalue weighted by atomic mass is 16.2. The molecule has 0 bridgehead atoms. The number of nitrogens with one attached hydrogen (secondary N) is 2. The number of rotatable bonds is 8. The van der Waals surface area contributed by atoms with Gasteiger partial charge < -0.3 is 15.5 Å². The van der Waals surface area contributed by atoms with Crippen molar-refractivity contribution in [2.45, 2.75) is 64.0 Å². The van der Waals surface area contributed by atoms with Gasteiger partial charge in [0.05, 0.1) is 0 Å². The van der Waals surface area contributed by atoms with Gasteiger partial charge in [-0.25, -0.2) is 0 Å². The van der Waals surface area contributed by atoms with E-state index in [1.54, 1.807) is 7.05 Å². The van der Waals surface area contributed by atoms with Crippen LogP contribution in [0.15, 0.2) is 30.3 Å². The summed E-state index contributed by atoms with van der Waals surface area (Å²) >= 11 is 0. The van der Waals surface area contributed by atoms with E-state index in [2.05, 4.69) is 10.6 Å². The predicted octanol–water partition coefficient (Wildman–Crippen LogP) is 2.03. The van der Waals surface area contributed by atoms with Crippen molar-refractivity contribution in [1.82, 2.24) is 15.5 Å². The number of benzene rings is 1. The minimum atomic E-state index is -0.632. The molecular formula is C21H31N3O3. The van der Waals surface area contributed by atoms with E-state index in [0.717, 1.165) is 31.2 Å².